The van der Waals surface area contributed by atoms with Crippen LogP contribution in [0.5, 0.6) is 5.75 Å². The lowest BCUT2D eigenvalue weighted by atomic mass is 10.1. The lowest BCUT2D eigenvalue weighted by Crippen LogP contribution is -2.42. The van der Waals surface area contributed by atoms with Gasteiger partial charge in [-0.25, -0.2) is 8.42 Å². The molecule has 2 aliphatic heterocycles. The zero-order chi connectivity index (χ0) is 24.3. The highest BCUT2D eigenvalue weighted by Gasteiger charge is 2.38. The number of ether oxygens (including phenoxy) is 1. The number of amides is 1. The third-order valence-corrected chi connectivity index (χ3v) is 8.37. The zero-order valence-electron chi connectivity index (χ0n) is 19.5. The van der Waals surface area contributed by atoms with E-state index in [-0.39, 0.29) is 24.0 Å². The number of anilines is 1. The Morgan fingerprint density at radius 3 is 2.31 bits per heavy atom. The van der Waals surface area contributed by atoms with Crippen molar-refractivity contribution in [3.05, 3.63) is 90.0 Å². The van der Waals surface area contributed by atoms with Crippen molar-refractivity contribution in [3.63, 3.8) is 0 Å². The van der Waals surface area contributed by atoms with Gasteiger partial charge in [-0.05, 0) is 54.7 Å². The van der Waals surface area contributed by atoms with Gasteiger partial charge in [0.05, 0.1) is 5.69 Å². The first kappa shape index (κ1) is 23.4. The third kappa shape index (κ3) is 5.04. The Kier molecular flexibility index (Phi) is 6.74. The molecule has 1 atom stereocenters. The van der Waals surface area contributed by atoms with E-state index in [0.717, 1.165) is 37.1 Å². The zero-order valence-corrected chi connectivity index (χ0v) is 20.3. The van der Waals surface area contributed by atoms with Gasteiger partial charge in [0.1, 0.15) is 16.8 Å². The van der Waals surface area contributed by atoms with Gasteiger partial charge in [-0.1, -0.05) is 54.6 Å². The average molecular weight is 492 g/mol. The summed E-state index contributed by atoms with van der Waals surface area (Å²) in [4.78, 5) is 14.5. The lowest BCUT2D eigenvalue weighted by Gasteiger charge is -2.37. The molecule has 0 aromatic heterocycles. The molecule has 3 aromatic rings. The van der Waals surface area contributed by atoms with Gasteiger partial charge >= 0.3 is 0 Å². The number of hydrogen-bond acceptors (Lipinski definition) is 5. The molecule has 1 saturated heterocycles. The minimum absolute atomic E-state index is 0.000500. The van der Waals surface area contributed by atoms with Crippen molar-refractivity contribution in [1.82, 2.24) is 9.21 Å². The van der Waals surface area contributed by atoms with Crippen LogP contribution >= 0.6 is 0 Å². The van der Waals surface area contributed by atoms with Crippen LogP contribution in [0.1, 0.15) is 36.6 Å². The van der Waals surface area contributed by atoms with Crippen molar-refractivity contribution < 1.29 is 17.9 Å². The highest BCUT2D eigenvalue weighted by Crippen LogP contribution is 2.39. The predicted molar refractivity (Wildman–Crippen MR) is 134 cm³/mol. The van der Waals surface area contributed by atoms with Crippen molar-refractivity contribution in [1.29, 1.82) is 0 Å². The smallest absolute Gasteiger partial charge is 0.260 e. The van der Waals surface area contributed by atoms with Crippen LogP contribution in [0.2, 0.25) is 0 Å². The van der Waals surface area contributed by atoms with Gasteiger partial charge in [-0.3, -0.25) is 4.79 Å². The Bertz CT molecular complexity index is 1270. The van der Waals surface area contributed by atoms with E-state index in [4.69, 9.17) is 4.74 Å². The topological polar surface area (TPSA) is 78.9 Å². The van der Waals surface area contributed by atoms with Crippen LogP contribution in [-0.4, -0.2) is 43.2 Å². The summed E-state index contributed by atoms with van der Waals surface area (Å²) in [6.07, 6.45) is 2.67. The van der Waals surface area contributed by atoms with E-state index in [0.29, 0.717) is 11.4 Å². The number of likely N-dealkylation sites (tertiary alicyclic amines) is 1. The minimum atomic E-state index is -3.73. The van der Waals surface area contributed by atoms with Gasteiger partial charge in [0, 0.05) is 19.6 Å². The van der Waals surface area contributed by atoms with E-state index >= 15 is 0 Å². The number of nitrogens with zero attached hydrogens (tertiary/aromatic N) is 2. The largest absolute Gasteiger partial charge is 0.484 e. The second-order valence-corrected chi connectivity index (χ2v) is 10.7. The second kappa shape index (κ2) is 10.1. The van der Waals surface area contributed by atoms with Crippen LogP contribution in [-0.2, 0) is 21.4 Å². The number of carbonyl (C=O) groups excluding carboxylic acids is 1. The number of para-hydroxylation sites is 1. The van der Waals surface area contributed by atoms with Gasteiger partial charge in [0.25, 0.3) is 5.91 Å². The first-order valence-electron chi connectivity index (χ1n) is 11.9. The quantitative estimate of drug-likeness (QED) is 0.553. The summed E-state index contributed by atoms with van der Waals surface area (Å²) in [5, 5.41) is 3.40. The predicted octanol–water partition coefficient (Wildman–Crippen LogP) is 4.39. The normalized spacial score (nSPS) is 19.4. The number of sulfonamides is 1. The molecule has 8 heteroatoms. The molecule has 5 rings (SSSR count). The standard InChI is InChI=1S/C27H29N3O4S/c31-26(29-17-7-2-8-18-29)20-34-23-15-13-22(14-16-23)27-28-24-11-5-6-12-25(24)35(32,33)30(27)19-21-9-3-1-4-10-21/h1,3-6,9-16,27-28H,2,7-8,17-20H2/t27-/m1/s1. The van der Waals surface area contributed by atoms with E-state index in [1.54, 1.807) is 30.3 Å². The second-order valence-electron chi connectivity index (χ2n) is 8.88. The molecule has 1 amide bonds. The Labute approximate surface area is 206 Å². The summed E-state index contributed by atoms with van der Waals surface area (Å²) in [5.41, 5.74) is 2.27. The molecular formula is C27H29N3O4S. The molecule has 35 heavy (non-hydrogen) atoms. The molecule has 182 valence electrons. The van der Waals surface area contributed by atoms with Crippen LogP contribution < -0.4 is 10.1 Å². The van der Waals surface area contributed by atoms with E-state index < -0.39 is 16.2 Å². The van der Waals surface area contributed by atoms with Gasteiger partial charge in [-0.2, -0.15) is 4.31 Å². The van der Waals surface area contributed by atoms with Crippen molar-refractivity contribution in [2.45, 2.75) is 36.9 Å². The summed E-state index contributed by atoms with van der Waals surface area (Å²) in [7, 11) is -3.73. The highest BCUT2D eigenvalue weighted by atomic mass is 32.2. The molecule has 0 bridgehead atoms. The monoisotopic (exact) mass is 491 g/mol. The molecule has 2 aliphatic rings. The molecule has 1 N–H and O–H groups in total. The SMILES string of the molecule is O=C(COc1ccc([C@@H]2Nc3ccccc3S(=O)(=O)N2Cc2ccccc2)cc1)N1CCCCC1. The van der Waals surface area contributed by atoms with Crippen LogP contribution in [0, 0.1) is 0 Å². The van der Waals surface area contributed by atoms with Gasteiger partial charge in [0.15, 0.2) is 6.61 Å². The Hall–Kier alpha value is -3.36. The first-order chi connectivity index (χ1) is 17.0. The molecule has 7 nitrogen and oxygen atoms in total. The maximum atomic E-state index is 13.6. The van der Waals surface area contributed by atoms with E-state index in [9.17, 15) is 13.2 Å². The van der Waals surface area contributed by atoms with Crippen LogP contribution in [0.3, 0.4) is 0 Å². The highest BCUT2D eigenvalue weighted by molar-refractivity contribution is 7.89. The summed E-state index contributed by atoms with van der Waals surface area (Å²) >= 11 is 0. The molecule has 0 spiro atoms. The lowest BCUT2D eigenvalue weighted by molar-refractivity contribution is -0.134. The van der Waals surface area contributed by atoms with Crippen molar-refractivity contribution >= 4 is 21.6 Å². The maximum absolute atomic E-state index is 13.6. The average Bonchev–Trinajstić information content (AvgIpc) is 2.90. The summed E-state index contributed by atoms with van der Waals surface area (Å²) in [6.45, 7) is 1.82. The molecule has 2 heterocycles. The third-order valence-electron chi connectivity index (χ3n) is 6.50. The van der Waals surface area contributed by atoms with Crippen LogP contribution in [0.25, 0.3) is 0 Å². The van der Waals surface area contributed by atoms with E-state index in [1.807, 2.05) is 53.4 Å². The Morgan fingerprint density at radius 1 is 0.886 bits per heavy atom. The number of hydrogen-bond donors (Lipinski definition) is 1. The van der Waals surface area contributed by atoms with Crippen molar-refractivity contribution in [2.24, 2.45) is 0 Å². The van der Waals surface area contributed by atoms with Gasteiger partial charge in [-0.15, -0.1) is 0 Å². The summed E-state index contributed by atoms with van der Waals surface area (Å²) < 4.78 is 34.4. The van der Waals surface area contributed by atoms with Crippen molar-refractivity contribution in [2.75, 3.05) is 25.0 Å². The molecule has 3 aromatic carbocycles. The number of piperidine rings is 1. The van der Waals surface area contributed by atoms with Gasteiger partial charge < -0.3 is 15.0 Å². The van der Waals surface area contributed by atoms with Crippen LogP contribution in [0.4, 0.5) is 5.69 Å². The fourth-order valence-corrected chi connectivity index (χ4v) is 6.29. The number of nitrogens with one attached hydrogen (secondary N) is 1. The van der Waals surface area contributed by atoms with E-state index in [1.165, 1.54) is 10.7 Å². The van der Waals surface area contributed by atoms with Crippen molar-refractivity contribution in [3.8, 4) is 5.75 Å². The van der Waals surface area contributed by atoms with Crippen LogP contribution in [0.15, 0.2) is 83.8 Å². The number of fused-ring (bicyclic) bond motifs is 1. The fourth-order valence-electron chi connectivity index (χ4n) is 4.61. The summed E-state index contributed by atoms with van der Waals surface area (Å²) in [5.74, 6) is 0.576. The molecule has 0 radical (unpaired) electrons. The Morgan fingerprint density at radius 2 is 1.57 bits per heavy atom. The number of rotatable bonds is 6. The summed E-state index contributed by atoms with van der Waals surface area (Å²) in [6, 6.07) is 23.8. The van der Waals surface area contributed by atoms with E-state index in [2.05, 4.69) is 5.32 Å². The molecular weight excluding hydrogens is 462 g/mol. The number of benzene rings is 3. The molecule has 0 saturated carbocycles. The molecule has 0 unspecified atom stereocenters. The fraction of sp³-hybridized carbons (Fsp3) is 0.296. The number of carbonyl (C=O) groups is 1. The van der Waals surface area contributed by atoms with Gasteiger partial charge in [0.2, 0.25) is 10.0 Å². The minimum Gasteiger partial charge on any atom is -0.484 e. The molecule has 1 fully saturated rings. The Balaban J connectivity index is 1.37. The first-order valence-corrected chi connectivity index (χ1v) is 13.4. The maximum Gasteiger partial charge on any atom is 0.260 e. The molecule has 0 aliphatic carbocycles.